The van der Waals surface area contributed by atoms with Crippen molar-refractivity contribution in [2.45, 2.75) is 11.8 Å². The molecule has 1 aromatic carbocycles. The molecule has 21 heavy (non-hydrogen) atoms. The van der Waals surface area contributed by atoms with Gasteiger partial charge in [-0.3, -0.25) is 0 Å². The van der Waals surface area contributed by atoms with E-state index in [1.807, 2.05) is 6.92 Å². The lowest BCUT2D eigenvalue weighted by Gasteiger charge is -2.04. The third-order valence-corrected chi connectivity index (χ3v) is 4.39. The van der Waals surface area contributed by atoms with Gasteiger partial charge in [0.2, 0.25) is 0 Å². The van der Waals surface area contributed by atoms with Crippen LogP contribution in [0.3, 0.4) is 0 Å². The van der Waals surface area contributed by atoms with Crippen LogP contribution in [0.25, 0.3) is 6.08 Å². The van der Waals surface area contributed by atoms with Gasteiger partial charge in [0.15, 0.2) is 0 Å². The minimum Gasteiger partial charge on any atom is -0.466 e. The van der Waals surface area contributed by atoms with Gasteiger partial charge in [0, 0.05) is 12.3 Å². The summed E-state index contributed by atoms with van der Waals surface area (Å²) in [6.07, 6.45) is 5.07. The van der Waals surface area contributed by atoms with E-state index < -0.39 is 16.0 Å². The smallest absolute Gasteiger partial charge is 0.330 e. The number of aromatic nitrogens is 2. The average molecular weight is 306 g/mol. The van der Waals surface area contributed by atoms with Crippen LogP contribution in [0.15, 0.2) is 47.8 Å². The highest BCUT2D eigenvalue weighted by Gasteiger charge is 2.16. The van der Waals surface area contributed by atoms with Crippen molar-refractivity contribution in [2.75, 3.05) is 7.11 Å². The van der Waals surface area contributed by atoms with Crippen molar-refractivity contribution in [1.82, 2.24) is 8.96 Å². The van der Waals surface area contributed by atoms with Crippen LogP contribution in [0.4, 0.5) is 0 Å². The van der Waals surface area contributed by atoms with E-state index >= 15 is 0 Å². The summed E-state index contributed by atoms with van der Waals surface area (Å²) in [6, 6.07) is 6.52. The fourth-order valence-electron chi connectivity index (χ4n) is 1.59. The first kappa shape index (κ1) is 15.0. The second-order valence-corrected chi connectivity index (χ2v) is 6.15. The van der Waals surface area contributed by atoms with Crippen LogP contribution < -0.4 is 0 Å². The van der Waals surface area contributed by atoms with E-state index in [1.165, 1.54) is 43.9 Å². The molecule has 7 heteroatoms. The van der Waals surface area contributed by atoms with Crippen molar-refractivity contribution in [3.63, 3.8) is 0 Å². The van der Waals surface area contributed by atoms with Crippen LogP contribution in [0.5, 0.6) is 0 Å². The fraction of sp³-hybridized carbons (Fsp3) is 0.143. The second kappa shape index (κ2) is 5.92. The molecule has 0 N–H and O–H groups in total. The van der Waals surface area contributed by atoms with Crippen LogP contribution >= 0.6 is 0 Å². The molecule has 6 nitrogen and oxygen atoms in total. The Morgan fingerprint density at radius 3 is 2.57 bits per heavy atom. The summed E-state index contributed by atoms with van der Waals surface area (Å²) in [7, 11) is -2.42. The number of benzene rings is 1. The Balaban J connectivity index is 2.30. The van der Waals surface area contributed by atoms with Gasteiger partial charge in [-0.1, -0.05) is 17.7 Å². The lowest BCUT2D eigenvalue weighted by molar-refractivity contribution is -0.134. The Hall–Kier alpha value is -2.41. The van der Waals surface area contributed by atoms with Crippen LogP contribution in [-0.4, -0.2) is 30.5 Å². The van der Waals surface area contributed by atoms with E-state index in [1.54, 1.807) is 12.1 Å². The molecule has 1 heterocycles. The molecule has 110 valence electrons. The zero-order chi connectivity index (χ0) is 15.5. The van der Waals surface area contributed by atoms with Gasteiger partial charge < -0.3 is 4.74 Å². The summed E-state index contributed by atoms with van der Waals surface area (Å²) in [4.78, 5) is 15.1. The van der Waals surface area contributed by atoms with Crippen LogP contribution in [0, 0.1) is 6.92 Å². The maximum absolute atomic E-state index is 12.4. The van der Waals surface area contributed by atoms with Gasteiger partial charge in [-0.2, -0.15) is 0 Å². The van der Waals surface area contributed by atoms with Gasteiger partial charge in [0.1, 0.15) is 6.33 Å². The number of hydrogen-bond acceptors (Lipinski definition) is 5. The van der Waals surface area contributed by atoms with Crippen molar-refractivity contribution < 1.29 is 17.9 Å². The number of methoxy groups -OCH3 is 1. The topological polar surface area (TPSA) is 78.3 Å². The van der Waals surface area contributed by atoms with Crippen molar-refractivity contribution >= 4 is 22.1 Å². The number of rotatable bonds is 4. The summed E-state index contributed by atoms with van der Waals surface area (Å²) >= 11 is 0. The first-order chi connectivity index (χ1) is 9.93. The molecule has 0 saturated heterocycles. The van der Waals surface area contributed by atoms with E-state index in [2.05, 4.69) is 9.72 Å². The Labute approximate surface area is 122 Å². The predicted octanol–water partition coefficient (Wildman–Crippen LogP) is 1.61. The molecule has 0 aliphatic heterocycles. The molecule has 0 unspecified atom stereocenters. The molecule has 0 atom stereocenters. The average Bonchev–Trinajstić information content (AvgIpc) is 2.95. The Morgan fingerprint density at radius 2 is 1.95 bits per heavy atom. The molecule has 0 bridgehead atoms. The zero-order valence-corrected chi connectivity index (χ0v) is 12.4. The Kier molecular flexibility index (Phi) is 4.23. The van der Waals surface area contributed by atoms with E-state index in [-0.39, 0.29) is 4.90 Å². The summed E-state index contributed by atoms with van der Waals surface area (Å²) < 4.78 is 30.2. The summed E-state index contributed by atoms with van der Waals surface area (Å²) in [5, 5.41) is 0. The molecule has 0 amide bonds. The lowest BCUT2D eigenvalue weighted by atomic mass is 10.2. The molecular formula is C14H14N2O4S. The third-order valence-electron chi connectivity index (χ3n) is 2.77. The van der Waals surface area contributed by atoms with Crippen molar-refractivity contribution in [3.8, 4) is 0 Å². The quantitative estimate of drug-likeness (QED) is 0.633. The van der Waals surface area contributed by atoms with Crippen molar-refractivity contribution in [3.05, 3.63) is 54.1 Å². The monoisotopic (exact) mass is 306 g/mol. The van der Waals surface area contributed by atoms with E-state index in [0.29, 0.717) is 5.69 Å². The molecular weight excluding hydrogens is 292 g/mol. The molecule has 0 radical (unpaired) electrons. The highest BCUT2D eigenvalue weighted by Crippen LogP contribution is 2.15. The number of esters is 1. The van der Waals surface area contributed by atoms with Gasteiger partial charge in [-0.05, 0) is 25.1 Å². The van der Waals surface area contributed by atoms with Crippen LogP contribution in [0.2, 0.25) is 0 Å². The number of carbonyl (C=O) groups is 1. The molecule has 2 aromatic rings. The van der Waals surface area contributed by atoms with Crippen molar-refractivity contribution in [2.24, 2.45) is 0 Å². The second-order valence-electron chi connectivity index (χ2n) is 4.30. The largest absolute Gasteiger partial charge is 0.466 e. The van der Waals surface area contributed by atoms with E-state index in [9.17, 15) is 13.2 Å². The van der Waals surface area contributed by atoms with Gasteiger partial charge >= 0.3 is 5.97 Å². The zero-order valence-electron chi connectivity index (χ0n) is 11.6. The number of ether oxygens (including phenoxy) is 1. The maximum atomic E-state index is 12.4. The number of nitrogens with zero attached hydrogens (tertiary/aromatic N) is 2. The third kappa shape index (κ3) is 3.38. The SMILES string of the molecule is COC(=O)/C=C/c1cn(S(=O)(=O)c2ccc(C)cc2)cn1. The summed E-state index contributed by atoms with van der Waals surface area (Å²) in [5.74, 6) is -0.536. The first-order valence-corrected chi connectivity index (χ1v) is 7.50. The molecule has 2 rings (SSSR count). The number of hydrogen-bond donors (Lipinski definition) is 0. The van der Waals surface area contributed by atoms with Gasteiger partial charge in [0.05, 0.1) is 17.7 Å². The molecule has 1 aromatic heterocycles. The number of aryl methyl sites for hydroxylation is 1. The molecule has 0 aliphatic rings. The Bertz CT molecular complexity index is 774. The minimum atomic E-state index is -3.67. The Morgan fingerprint density at radius 1 is 1.29 bits per heavy atom. The predicted molar refractivity (Wildman–Crippen MR) is 77.0 cm³/mol. The van der Waals surface area contributed by atoms with Gasteiger partial charge in [0.25, 0.3) is 10.0 Å². The summed E-state index contributed by atoms with van der Waals surface area (Å²) in [5.41, 5.74) is 1.32. The molecule has 0 spiro atoms. The molecule has 0 saturated carbocycles. The minimum absolute atomic E-state index is 0.175. The normalized spacial score (nSPS) is 11.7. The lowest BCUT2D eigenvalue weighted by Crippen LogP contribution is -2.10. The van der Waals surface area contributed by atoms with Gasteiger partial charge in [-0.25, -0.2) is 22.2 Å². The summed E-state index contributed by atoms with van der Waals surface area (Å²) in [6.45, 7) is 1.88. The van der Waals surface area contributed by atoms with Gasteiger partial charge in [-0.15, -0.1) is 0 Å². The van der Waals surface area contributed by atoms with Crippen LogP contribution in [-0.2, 0) is 19.6 Å². The van der Waals surface area contributed by atoms with Crippen molar-refractivity contribution in [1.29, 1.82) is 0 Å². The molecule has 0 fully saturated rings. The van der Waals surface area contributed by atoms with E-state index in [4.69, 9.17) is 0 Å². The molecule has 0 aliphatic carbocycles. The van der Waals surface area contributed by atoms with Crippen LogP contribution in [0.1, 0.15) is 11.3 Å². The van der Waals surface area contributed by atoms with E-state index in [0.717, 1.165) is 9.54 Å². The number of imidazole rings is 1. The number of carbonyl (C=O) groups excluding carboxylic acids is 1. The standard InChI is InChI=1S/C14H14N2O4S/c1-11-3-6-13(7-4-11)21(18,19)16-9-12(15-10-16)5-8-14(17)20-2/h3-10H,1-2H3/b8-5+. The highest BCUT2D eigenvalue weighted by molar-refractivity contribution is 7.90. The highest BCUT2D eigenvalue weighted by atomic mass is 32.2. The fourth-order valence-corrected chi connectivity index (χ4v) is 2.73. The first-order valence-electron chi connectivity index (χ1n) is 6.06. The maximum Gasteiger partial charge on any atom is 0.330 e.